The number of H-pyrrole nitrogens is 1. The van der Waals surface area contributed by atoms with Crippen molar-refractivity contribution in [3.8, 4) is 0 Å². The van der Waals surface area contributed by atoms with Gasteiger partial charge in [0.15, 0.2) is 0 Å². The molecule has 0 radical (unpaired) electrons. The second-order valence-corrected chi connectivity index (χ2v) is 11.3. The summed E-state index contributed by atoms with van der Waals surface area (Å²) in [5.74, 6) is 0. The van der Waals surface area contributed by atoms with Crippen LogP contribution < -0.4 is 5.32 Å². The highest BCUT2D eigenvalue weighted by Gasteiger charge is 2.23. The van der Waals surface area contributed by atoms with Crippen LogP contribution in [0.2, 0.25) is 19.6 Å². The Bertz CT molecular complexity index is 554. The molecular weight excluding hydrogens is 355 g/mol. The van der Waals surface area contributed by atoms with E-state index in [4.69, 9.17) is 0 Å². The number of halogens is 1. The zero-order chi connectivity index (χ0) is 13.2. The van der Waals surface area contributed by atoms with Crippen molar-refractivity contribution in [2.75, 3.05) is 0 Å². The molecule has 0 saturated heterocycles. The molecule has 0 aliphatic heterocycles. The van der Waals surface area contributed by atoms with Crippen molar-refractivity contribution in [2.24, 2.45) is 4.99 Å². The van der Waals surface area contributed by atoms with Gasteiger partial charge in [0, 0.05) is 3.57 Å². The summed E-state index contributed by atoms with van der Waals surface area (Å²) in [5, 5.41) is 12.2. The number of hydrogen-bond donors (Lipinski definition) is 1. The average molecular weight is 370 g/mol. The molecule has 1 N–H and O–H groups in total. The minimum atomic E-state index is -1.47. The number of aromatic amines is 1. The molecule has 4 nitrogen and oxygen atoms in total. The van der Waals surface area contributed by atoms with Crippen molar-refractivity contribution in [3.05, 3.63) is 33.5 Å². The van der Waals surface area contributed by atoms with Crippen LogP contribution in [0.25, 0.3) is 0 Å². The molecule has 1 aromatic carbocycles. The third kappa shape index (κ3) is 3.26. The van der Waals surface area contributed by atoms with Crippen molar-refractivity contribution in [1.29, 1.82) is 0 Å². The van der Waals surface area contributed by atoms with Gasteiger partial charge in [-0.05, 0) is 46.9 Å². The van der Waals surface area contributed by atoms with Gasteiger partial charge < -0.3 is 0 Å². The van der Waals surface area contributed by atoms with E-state index in [1.54, 1.807) is 6.21 Å². The molecule has 18 heavy (non-hydrogen) atoms. The van der Waals surface area contributed by atoms with Gasteiger partial charge in [-0.25, -0.2) is 0 Å². The van der Waals surface area contributed by atoms with E-state index in [2.05, 4.69) is 62.6 Å². The van der Waals surface area contributed by atoms with Crippen LogP contribution >= 0.6 is 22.6 Å². The van der Waals surface area contributed by atoms with Crippen molar-refractivity contribution < 1.29 is 0 Å². The molecule has 0 amide bonds. The SMILES string of the molecule is C[Si](C)(C)c1n[nH]nc1C=Nc1ccc(I)cc1. The van der Waals surface area contributed by atoms with E-state index in [9.17, 15) is 0 Å². The van der Waals surface area contributed by atoms with E-state index in [-0.39, 0.29) is 0 Å². The highest BCUT2D eigenvalue weighted by Crippen LogP contribution is 2.14. The number of aromatic nitrogens is 3. The highest BCUT2D eigenvalue weighted by molar-refractivity contribution is 14.1. The zero-order valence-corrected chi connectivity index (χ0v) is 13.8. The summed E-state index contributed by atoms with van der Waals surface area (Å²) in [6.45, 7) is 6.73. The van der Waals surface area contributed by atoms with Crippen LogP contribution in [0.3, 0.4) is 0 Å². The number of benzene rings is 1. The Morgan fingerprint density at radius 1 is 1.17 bits per heavy atom. The molecule has 1 aromatic heterocycles. The van der Waals surface area contributed by atoms with Crippen LogP contribution in [-0.2, 0) is 0 Å². The predicted octanol–water partition coefficient (Wildman–Crippen LogP) is 2.71. The number of nitrogens with one attached hydrogen (secondary N) is 1. The maximum absolute atomic E-state index is 4.44. The van der Waals surface area contributed by atoms with Gasteiger partial charge in [-0.15, -0.1) is 0 Å². The first-order valence-corrected chi connectivity index (χ1v) is 10.3. The molecule has 2 rings (SSSR count). The van der Waals surface area contributed by atoms with E-state index < -0.39 is 8.07 Å². The maximum atomic E-state index is 4.44. The smallest absolute Gasteiger partial charge is 0.122 e. The molecule has 0 aliphatic rings. The second-order valence-electron chi connectivity index (χ2n) is 5.04. The predicted molar refractivity (Wildman–Crippen MR) is 85.8 cm³/mol. The minimum Gasteiger partial charge on any atom is -0.255 e. The van der Waals surface area contributed by atoms with E-state index in [0.717, 1.165) is 16.7 Å². The Hall–Kier alpha value is -1.02. The van der Waals surface area contributed by atoms with Crippen molar-refractivity contribution in [1.82, 2.24) is 15.4 Å². The van der Waals surface area contributed by atoms with Crippen LogP contribution in [0.1, 0.15) is 5.69 Å². The monoisotopic (exact) mass is 370 g/mol. The summed E-state index contributed by atoms with van der Waals surface area (Å²) < 4.78 is 1.20. The molecule has 94 valence electrons. The lowest BCUT2D eigenvalue weighted by Crippen LogP contribution is -2.41. The molecule has 2 aromatic rings. The van der Waals surface area contributed by atoms with Gasteiger partial charge in [0.25, 0.3) is 0 Å². The molecule has 0 spiro atoms. The van der Waals surface area contributed by atoms with Crippen LogP contribution in [0.4, 0.5) is 5.69 Å². The normalized spacial score (nSPS) is 12.2. The number of rotatable bonds is 3. The third-order valence-electron chi connectivity index (χ3n) is 2.45. The first kappa shape index (κ1) is 13.4. The molecule has 0 unspecified atom stereocenters. The first-order chi connectivity index (χ1) is 8.47. The number of hydrogen-bond acceptors (Lipinski definition) is 3. The lowest BCUT2D eigenvalue weighted by molar-refractivity contribution is 0.942. The topological polar surface area (TPSA) is 53.9 Å². The van der Waals surface area contributed by atoms with Crippen molar-refractivity contribution in [2.45, 2.75) is 19.6 Å². The fourth-order valence-electron chi connectivity index (χ4n) is 1.54. The van der Waals surface area contributed by atoms with Gasteiger partial charge in [0.2, 0.25) is 0 Å². The standard InChI is InChI=1S/C12H15IN4Si/c1-18(2,3)12-11(15-17-16-12)8-14-10-6-4-9(13)5-7-10/h4-8H,1-3H3,(H,15,16,17). The molecule has 0 saturated carbocycles. The Kier molecular flexibility index (Phi) is 3.96. The molecule has 6 heteroatoms. The summed E-state index contributed by atoms with van der Waals surface area (Å²) in [4.78, 5) is 4.44. The molecule has 0 aliphatic carbocycles. The molecule has 0 atom stereocenters. The Labute approximate surface area is 121 Å². The Morgan fingerprint density at radius 3 is 2.44 bits per heavy atom. The zero-order valence-electron chi connectivity index (χ0n) is 10.6. The summed E-state index contributed by atoms with van der Waals surface area (Å²) in [5.41, 5.74) is 1.78. The van der Waals surface area contributed by atoms with Gasteiger partial charge in [-0.1, -0.05) is 19.6 Å². The average Bonchev–Trinajstić information content (AvgIpc) is 2.76. The fraction of sp³-hybridized carbons (Fsp3) is 0.250. The molecule has 0 fully saturated rings. The van der Waals surface area contributed by atoms with E-state index in [1.165, 1.54) is 3.57 Å². The summed E-state index contributed by atoms with van der Waals surface area (Å²) in [6, 6.07) is 8.06. The number of aliphatic imine (C=N–C) groups is 1. The van der Waals surface area contributed by atoms with Crippen LogP contribution in [0.5, 0.6) is 0 Å². The molecule has 1 heterocycles. The van der Waals surface area contributed by atoms with Crippen LogP contribution in [-0.4, -0.2) is 29.7 Å². The fourth-order valence-corrected chi connectivity index (χ4v) is 3.18. The van der Waals surface area contributed by atoms with Crippen LogP contribution in [0.15, 0.2) is 29.3 Å². The van der Waals surface area contributed by atoms with Gasteiger partial charge in [0.1, 0.15) is 13.8 Å². The van der Waals surface area contributed by atoms with Crippen LogP contribution in [0, 0.1) is 3.57 Å². The highest BCUT2D eigenvalue weighted by atomic mass is 127. The Balaban J connectivity index is 2.24. The van der Waals surface area contributed by atoms with Gasteiger partial charge in [-0.2, -0.15) is 15.4 Å². The maximum Gasteiger partial charge on any atom is 0.122 e. The Morgan fingerprint density at radius 2 is 1.83 bits per heavy atom. The lowest BCUT2D eigenvalue weighted by atomic mass is 10.3. The third-order valence-corrected chi connectivity index (χ3v) is 4.96. The largest absolute Gasteiger partial charge is 0.255 e. The lowest BCUT2D eigenvalue weighted by Gasteiger charge is -2.11. The summed E-state index contributed by atoms with van der Waals surface area (Å²) >= 11 is 2.28. The molecule has 0 bridgehead atoms. The minimum absolute atomic E-state index is 0.854. The number of nitrogens with zero attached hydrogens (tertiary/aromatic N) is 3. The quantitative estimate of drug-likeness (QED) is 0.513. The van der Waals surface area contributed by atoms with Crippen molar-refractivity contribution >= 4 is 47.9 Å². The van der Waals surface area contributed by atoms with Crippen molar-refractivity contribution in [3.63, 3.8) is 0 Å². The van der Waals surface area contributed by atoms with Gasteiger partial charge in [-0.3, -0.25) is 4.99 Å². The van der Waals surface area contributed by atoms with E-state index in [1.807, 2.05) is 24.3 Å². The van der Waals surface area contributed by atoms with Gasteiger partial charge in [0.05, 0.1) is 17.2 Å². The first-order valence-electron chi connectivity index (χ1n) is 5.68. The van der Waals surface area contributed by atoms with E-state index in [0.29, 0.717) is 0 Å². The second kappa shape index (κ2) is 5.31. The summed E-state index contributed by atoms with van der Waals surface area (Å²) in [6.07, 6.45) is 1.79. The summed E-state index contributed by atoms with van der Waals surface area (Å²) in [7, 11) is -1.47. The van der Waals surface area contributed by atoms with Gasteiger partial charge >= 0.3 is 0 Å². The van der Waals surface area contributed by atoms with E-state index >= 15 is 0 Å². The molecular formula is C12H15IN4Si.